The Morgan fingerprint density at radius 3 is 3.00 bits per heavy atom. The zero-order valence-corrected chi connectivity index (χ0v) is 9.69. The molecular formula is C13H16N4. The van der Waals surface area contributed by atoms with Crippen molar-refractivity contribution in [3.63, 3.8) is 0 Å². The molecule has 2 aromatic rings. The van der Waals surface area contributed by atoms with Crippen LogP contribution < -0.4 is 5.32 Å². The molecule has 4 nitrogen and oxygen atoms in total. The first-order valence-electron chi connectivity index (χ1n) is 6.10. The van der Waals surface area contributed by atoms with Crippen LogP contribution in [0.3, 0.4) is 0 Å². The molecule has 2 heterocycles. The number of H-pyrrole nitrogens is 1. The second-order valence-corrected chi connectivity index (χ2v) is 4.44. The van der Waals surface area contributed by atoms with Gasteiger partial charge >= 0.3 is 0 Å². The normalized spacial score (nSPS) is 15.1. The van der Waals surface area contributed by atoms with Gasteiger partial charge in [0.1, 0.15) is 5.82 Å². The maximum Gasteiger partial charge on any atom is 0.107 e. The third-order valence-corrected chi connectivity index (χ3v) is 2.94. The average Bonchev–Trinajstić information content (AvgIpc) is 3.07. The van der Waals surface area contributed by atoms with Gasteiger partial charge in [-0.15, -0.1) is 0 Å². The summed E-state index contributed by atoms with van der Waals surface area (Å²) >= 11 is 0. The largest absolute Gasteiger partial charge is 0.341 e. The van der Waals surface area contributed by atoms with Crippen molar-refractivity contribution in [2.75, 3.05) is 6.54 Å². The number of nitrogens with zero attached hydrogens (tertiary/aromatic N) is 2. The molecule has 1 aliphatic rings. The van der Waals surface area contributed by atoms with Crippen molar-refractivity contribution in [2.45, 2.75) is 25.3 Å². The molecular weight excluding hydrogens is 212 g/mol. The van der Waals surface area contributed by atoms with Crippen LogP contribution >= 0.6 is 0 Å². The van der Waals surface area contributed by atoms with Crippen LogP contribution in [0.5, 0.6) is 0 Å². The zero-order valence-electron chi connectivity index (χ0n) is 9.69. The summed E-state index contributed by atoms with van der Waals surface area (Å²) in [5, 5.41) is 3.48. The number of imidazole rings is 1. The molecule has 2 N–H and O–H groups in total. The standard InChI is InChI=1S/C13H16N4/c1-2-7-15-11(3-1)12-9-16-13(17-12)6-8-14-10-4-5-10/h1-3,7,9-10,14H,4-6,8H2,(H,16,17). The van der Waals surface area contributed by atoms with E-state index in [9.17, 15) is 0 Å². The van der Waals surface area contributed by atoms with Gasteiger partial charge in [-0.2, -0.15) is 0 Å². The van der Waals surface area contributed by atoms with E-state index in [2.05, 4.69) is 20.3 Å². The van der Waals surface area contributed by atoms with Gasteiger partial charge < -0.3 is 10.3 Å². The van der Waals surface area contributed by atoms with E-state index < -0.39 is 0 Å². The molecule has 2 aromatic heterocycles. The number of pyridine rings is 1. The highest BCUT2D eigenvalue weighted by atomic mass is 15.0. The Morgan fingerprint density at radius 2 is 2.24 bits per heavy atom. The summed E-state index contributed by atoms with van der Waals surface area (Å²) in [5.74, 6) is 1.03. The fraction of sp³-hybridized carbons (Fsp3) is 0.385. The Kier molecular flexibility index (Phi) is 2.88. The topological polar surface area (TPSA) is 53.6 Å². The molecule has 0 saturated heterocycles. The predicted octanol–water partition coefficient (Wildman–Crippen LogP) is 1.77. The third-order valence-electron chi connectivity index (χ3n) is 2.94. The Bertz CT molecular complexity index is 473. The molecule has 0 radical (unpaired) electrons. The number of nitrogens with one attached hydrogen (secondary N) is 2. The van der Waals surface area contributed by atoms with E-state index in [0.29, 0.717) is 0 Å². The smallest absolute Gasteiger partial charge is 0.107 e. The summed E-state index contributed by atoms with van der Waals surface area (Å²) in [6.45, 7) is 1.000. The highest BCUT2D eigenvalue weighted by molar-refractivity contribution is 5.52. The first kappa shape index (κ1) is 10.5. The molecule has 1 fully saturated rings. The van der Waals surface area contributed by atoms with Crippen LogP contribution in [0.25, 0.3) is 11.4 Å². The van der Waals surface area contributed by atoms with Gasteiger partial charge in [-0.1, -0.05) is 6.07 Å². The van der Waals surface area contributed by atoms with Gasteiger partial charge in [0.25, 0.3) is 0 Å². The van der Waals surface area contributed by atoms with Crippen molar-refractivity contribution in [2.24, 2.45) is 0 Å². The first-order valence-corrected chi connectivity index (χ1v) is 6.10. The summed E-state index contributed by atoms with van der Waals surface area (Å²) in [7, 11) is 0. The molecule has 0 aliphatic heterocycles. The highest BCUT2D eigenvalue weighted by Crippen LogP contribution is 2.18. The average molecular weight is 228 g/mol. The molecule has 17 heavy (non-hydrogen) atoms. The van der Waals surface area contributed by atoms with Crippen LogP contribution in [0.1, 0.15) is 18.7 Å². The van der Waals surface area contributed by atoms with Crippen LogP contribution in [0.4, 0.5) is 0 Å². The van der Waals surface area contributed by atoms with Gasteiger partial charge in [0, 0.05) is 25.2 Å². The minimum absolute atomic E-state index is 0.764. The fourth-order valence-electron chi connectivity index (χ4n) is 1.82. The van der Waals surface area contributed by atoms with Crippen LogP contribution in [0.15, 0.2) is 30.6 Å². The first-order chi connectivity index (χ1) is 8.42. The SMILES string of the molecule is c1ccc(-c2cnc(CCNC3CC3)[nH]2)nc1. The van der Waals surface area contributed by atoms with Crippen molar-refractivity contribution in [3.8, 4) is 11.4 Å². The lowest BCUT2D eigenvalue weighted by atomic mass is 10.3. The van der Waals surface area contributed by atoms with Gasteiger partial charge in [-0.3, -0.25) is 4.98 Å². The van der Waals surface area contributed by atoms with E-state index in [-0.39, 0.29) is 0 Å². The van der Waals surface area contributed by atoms with Crippen LogP contribution in [0.2, 0.25) is 0 Å². The van der Waals surface area contributed by atoms with E-state index in [1.807, 2.05) is 24.4 Å². The molecule has 0 unspecified atom stereocenters. The molecule has 1 saturated carbocycles. The van der Waals surface area contributed by atoms with Gasteiger partial charge in [-0.25, -0.2) is 4.98 Å². The second-order valence-electron chi connectivity index (χ2n) is 4.44. The highest BCUT2D eigenvalue weighted by Gasteiger charge is 2.19. The Morgan fingerprint density at radius 1 is 1.29 bits per heavy atom. The number of aromatic amines is 1. The van der Waals surface area contributed by atoms with Gasteiger partial charge in [0.05, 0.1) is 17.6 Å². The molecule has 0 atom stereocenters. The predicted molar refractivity (Wildman–Crippen MR) is 66.5 cm³/mol. The second kappa shape index (κ2) is 4.67. The van der Waals surface area contributed by atoms with Crippen molar-refractivity contribution in [3.05, 3.63) is 36.4 Å². The lowest BCUT2D eigenvalue weighted by Gasteiger charge is -1.99. The number of hydrogen-bond donors (Lipinski definition) is 2. The quantitative estimate of drug-likeness (QED) is 0.820. The number of rotatable bonds is 5. The minimum Gasteiger partial charge on any atom is -0.341 e. The van der Waals surface area contributed by atoms with Gasteiger partial charge in [-0.05, 0) is 25.0 Å². The molecule has 3 rings (SSSR count). The summed E-state index contributed by atoms with van der Waals surface area (Å²) < 4.78 is 0. The van der Waals surface area contributed by atoms with Gasteiger partial charge in [0.15, 0.2) is 0 Å². The molecule has 0 aromatic carbocycles. The summed E-state index contributed by atoms with van der Waals surface area (Å²) in [6, 6.07) is 6.65. The zero-order chi connectivity index (χ0) is 11.5. The molecule has 0 bridgehead atoms. The van der Waals surface area contributed by atoms with E-state index >= 15 is 0 Å². The van der Waals surface area contributed by atoms with Crippen LogP contribution in [0, 0.1) is 0 Å². The lowest BCUT2D eigenvalue weighted by molar-refractivity contribution is 0.669. The van der Waals surface area contributed by atoms with Crippen molar-refractivity contribution in [1.29, 1.82) is 0 Å². The number of aromatic nitrogens is 3. The van der Waals surface area contributed by atoms with E-state index in [4.69, 9.17) is 0 Å². The monoisotopic (exact) mass is 228 g/mol. The maximum absolute atomic E-state index is 4.37. The Balaban J connectivity index is 1.61. The summed E-state index contributed by atoms with van der Waals surface area (Å²) in [4.78, 5) is 12.0. The summed E-state index contributed by atoms with van der Waals surface area (Å²) in [6.07, 6.45) is 7.26. The maximum atomic E-state index is 4.37. The molecule has 1 aliphatic carbocycles. The van der Waals surface area contributed by atoms with E-state index in [1.165, 1.54) is 12.8 Å². The molecule has 4 heteroatoms. The lowest BCUT2D eigenvalue weighted by Crippen LogP contribution is -2.19. The fourth-order valence-corrected chi connectivity index (χ4v) is 1.82. The van der Waals surface area contributed by atoms with E-state index in [0.717, 1.165) is 36.2 Å². The molecule has 0 amide bonds. The van der Waals surface area contributed by atoms with Crippen molar-refractivity contribution >= 4 is 0 Å². The van der Waals surface area contributed by atoms with Crippen molar-refractivity contribution < 1.29 is 0 Å². The molecule has 88 valence electrons. The Labute approximate surface area is 101 Å². The third kappa shape index (κ3) is 2.71. The Hall–Kier alpha value is -1.68. The van der Waals surface area contributed by atoms with Crippen LogP contribution in [-0.4, -0.2) is 27.5 Å². The van der Waals surface area contributed by atoms with Gasteiger partial charge in [0.2, 0.25) is 0 Å². The van der Waals surface area contributed by atoms with E-state index in [1.54, 1.807) is 6.20 Å². The summed E-state index contributed by atoms with van der Waals surface area (Å²) in [5.41, 5.74) is 1.94. The minimum atomic E-state index is 0.764. The van der Waals surface area contributed by atoms with Crippen LogP contribution in [-0.2, 0) is 6.42 Å². The van der Waals surface area contributed by atoms with Crippen molar-refractivity contribution in [1.82, 2.24) is 20.3 Å². The molecule has 0 spiro atoms. The number of hydrogen-bond acceptors (Lipinski definition) is 3.